The molecule has 1 heterocycles. The zero-order valence-electron chi connectivity index (χ0n) is 6.87. The van der Waals surface area contributed by atoms with E-state index < -0.39 is 6.03 Å². The minimum absolute atomic E-state index is 0.125. The number of carbonyl (C=O) groups excluding carboxylic acids is 2. The topological polar surface area (TPSA) is 78.0 Å². The van der Waals surface area contributed by atoms with Gasteiger partial charge in [-0.1, -0.05) is 0 Å². The fourth-order valence-corrected chi connectivity index (χ4v) is 0.977. The van der Waals surface area contributed by atoms with E-state index in [1.165, 1.54) is 13.1 Å². The molecule has 5 nitrogen and oxygen atoms in total. The van der Waals surface area contributed by atoms with E-state index in [0.717, 1.165) is 4.68 Å². The van der Waals surface area contributed by atoms with Crippen LogP contribution in [0.5, 0.6) is 0 Å². The molecule has 0 bridgehead atoms. The lowest BCUT2D eigenvalue weighted by atomic mass is 10.2. The maximum absolute atomic E-state index is 10.9. The molecule has 1 rings (SSSR count). The summed E-state index contributed by atoms with van der Waals surface area (Å²) in [6.07, 6.45) is 1.34. The fraction of sp³-hybridized carbons (Fsp3) is 0.286. The predicted octanol–water partition coefficient (Wildman–Crippen LogP) is 0.321. The van der Waals surface area contributed by atoms with E-state index in [2.05, 4.69) is 5.10 Å². The zero-order chi connectivity index (χ0) is 9.30. The van der Waals surface area contributed by atoms with Gasteiger partial charge in [0.05, 0.1) is 17.5 Å². The number of Topliss-reactive ketones (excluding diaryl/α,β-unsaturated/α-hetero) is 1. The maximum Gasteiger partial charge on any atom is 0.339 e. The van der Waals surface area contributed by atoms with E-state index in [1.54, 1.807) is 6.92 Å². The molecule has 0 aliphatic rings. The highest BCUT2D eigenvalue weighted by atomic mass is 16.2. The quantitative estimate of drug-likeness (QED) is 0.612. The Morgan fingerprint density at radius 2 is 2.17 bits per heavy atom. The monoisotopic (exact) mass is 167 g/mol. The average Bonchev–Trinajstić information content (AvgIpc) is 2.30. The highest BCUT2D eigenvalue weighted by Crippen LogP contribution is 2.06. The van der Waals surface area contributed by atoms with Crippen LogP contribution >= 0.6 is 0 Å². The van der Waals surface area contributed by atoms with E-state index in [-0.39, 0.29) is 5.78 Å². The summed E-state index contributed by atoms with van der Waals surface area (Å²) < 4.78 is 0.997. The van der Waals surface area contributed by atoms with Gasteiger partial charge in [-0.2, -0.15) is 9.78 Å². The Morgan fingerprint density at radius 1 is 1.58 bits per heavy atom. The molecule has 0 aromatic carbocycles. The largest absolute Gasteiger partial charge is 0.350 e. The van der Waals surface area contributed by atoms with E-state index >= 15 is 0 Å². The number of primary amides is 1. The van der Waals surface area contributed by atoms with Crippen molar-refractivity contribution in [2.45, 2.75) is 13.8 Å². The first kappa shape index (κ1) is 8.45. The molecule has 1 amide bonds. The van der Waals surface area contributed by atoms with Crippen molar-refractivity contribution in [1.29, 1.82) is 0 Å². The summed E-state index contributed by atoms with van der Waals surface area (Å²) in [7, 11) is 0. The van der Waals surface area contributed by atoms with Crippen LogP contribution in [0, 0.1) is 6.92 Å². The van der Waals surface area contributed by atoms with E-state index in [0.29, 0.717) is 11.3 Å². The lowest BCUT2D eigenvalue weighted by Gasteiger charge is -1.96. The molecule has 5 heteroatoms. The third-order valence-electron chi connectivity index (χ3n) is 1.60. The minimum Gasteiger partial charge on any atom is -0.350 e. The van der Waals surface area contributed by atoms with Gasteiger partial charge in [0.2, 0.25) is 0 Å². The molecule has 0 fully saturated rings. The van der Waals surface area contributed by atoms with Crippen LogP contribution in [0.15, 0.2) is 6.20 Å². The second kappa shape index (κ2) is 2.77. The summed E-state index contributed by atoms with van der Waals surface area (Å²) in [5.74, 6) is -0.125. The lowest BCUT2D eigenvalue weighted by molar-refractivity contribution is 0.101. The van der Waals surface area contributed by atoms with Gasteiger partial charge < -0.3 is 5.73 Å². The van der Waals surface area contributed by atoms with Gasteiger partial charge in [-0.25, -0.2) is 4.79 Å². The normalized spacial score (nSPS) is 9.83. The van der Waals surface area contributed by atoms with Crippen LogP contribution in [-0.4, -0.2) is 21.6 Å². The molecule has 0 saturated heterocycles. The number of ketones is 1. The molecular formula is C7H9N3O2. The van der Waals surface area contributed by atoms with Crippen molar-refractivity contribution in [3.8, 4) is 0 Å². The molecule has 0 aliphatic heterocycles. The van der Waals surface area contributed by atoms with Crippen LogP contribution < -0.4 is 5.73 Å². The number of hydrogen-bond donors (Lipinski definition) is 1. The average molecular weight is 167 g/mol. The Kier molecular flexibility index (Phi) is 1.95. The molecule has 0 spiro atoms. The van der Waals surface area contributed by atoms with Crippen molar-refractivity contribution < 1.29 is 9.59 Å². The SMILES string of the molecule is CC(=O)c1cnn(C(N)=O)c1C. The van der Waals surface area contributed by atoms with E-state index in [4.69, 9.17) is 5.73 Å². The molecule has 0 saturated carbocycles. The fourth-order valence-electron chi connectivity index (χ4n) is 0.977. The molecule has 2 N–H and O–H groups in total. The van der Waals surface area contributed by atoms with Crippen molar-refractivity contribution >= 4 is 11.8 Å². The number of nitrogens with two attached hydrogens (primary N) is 1. The van der Waals surface area contributed by atoms with Gasteiger partial charge in [-0.15, -0.1) is 0 Å². The molecule has 64 valence electrons. The smallest absolute Gasteiger partial charge is 0.339 e. The zero-order valence-corrected chi connectivity index (χ0v) is 6.87. The van der Waals surface area contributed by atoms with Crippen molar-refractivity contribution in [2.24, 2.45) is 5.73 Å². The Bertz CT molecular complexity index is 309. The van der Waals surface area contributed by atoms with Crippen LogP contribution in [-0.2, 0) is 0 Å². The summed E-state index contributed by atoms with van der Waals surface area (Å²) in [4.78, 5) is 21.6. The lowest BCUT2D eigenvalue weighted by Crippen LogP contribution is -2.22. The summed E-state index contributed by atoms with van der Waals surface area (Å²) in [5, 5.41) is 3.66. The van der Waals surface area contributed by atoms with Crippen LogP contribution in [0.2, 0.25) is 0 Å². The molecule has 0 radical (unpaired) electrons. The summed E-state index contributed by atoms with van der Waals surface area (Å²) in [5.41, 5.74) is 5.88. The molecular weight excluding hydrogens is 158 g/mol. The number of aromatic nitrogens is 2. The van der Waals surface area contributed by atoms with Gasteiger partial charge in [-0.3, -0.25) is 4.79 Å². The van der Waals surface area contributed by atoms with Crippen LogP contribution in [0.1, 0.15) is 23.0 Å². The second-order valence-electron chi connectivity index (χ2n) is 2.45. The number of carbonyl (C=O) groups is 2. The maximum atomic E-state index is 10.9. The van der Waals surface area contributed by atoms with E-state index in [1.807, 2.05) is 0 Å². The van der Waals surface area contributed by atoms with Crippen molar-refractivity contribution in [3.63, 3.8) is 0 Å². The van der Waals surface area contributed by atoms with Crippen molar-refractivity contribution in [3.05, 3.63) is 17.5 Å². The molecule has 1 aromatic rings. The number of rotatable bonds is 1. The molecule has 12 heavy (non-hydrogen) atoms. The highest BCUT2D eigenvalue weighted by molar-refractivity contribution is 5.95. The first-order valence-electron chi connectivity index (χ1n) is 3.39. The summed E-state index contributed by atoms with van der Waals surface area (Å²) in [6.45, 7) is 3.03. The highest BCUT2D eigenvalue weighted by Gasteiger charge is 2.12. The minimum atomic E-state index is -0.681. The second-order valence-corrected chi connectivity index (χ2v) is 2.45. The van der Waals surface area contributed by atoms with Crippen molar-refractivity contribution in [1.82, 2.24) is 9.78 Å². The molecule has 1 aromatic heterocycles. The molecule has 0 unspecified atom stereocenters. The first-order chi connectivity index (χ1) is 5.54. The Balaban J connectivity index is 3.22. The van der Waals surface area contributed by atoms with Crippen LogP contribution in [0.3, 0.4) is 0 Å². The van der Waals surface area contributed by atoms with Crippen LogP contribution in [0.25, 0.3) is 0 Å². The molecule has 0 aliphatic carbocycles. The van der Waals surface area contributed by atoms with Gasteiger partial charge in [0, 0.05) is 0 Å². The van der Waals surface area contributed by atoms with Gasteiger partial charge >= 0.3 is 6.03 Å². The number of amides is 1. The summed E-state index contributed by atoms with van der Waals surface area (Å²) in [6, 6.07) is -0.681. The van der Waals surface area contributed by atoms with E-state index in [9.17, 15) is 9.59 Å². The van der Waals surface area contributed by atoms with Crippen LogP contribution in [0.4, 0.5) is 4.79 Å². The Labute approximate surface area is 69.2 Å². The molecule has 0 atom stereocenters. The summed E-state index contributed by atoms with van der Waals surface area (Å²) >= 11 is 0. The third kappa shape index (κ3) is 1.20. The first-order valence-corrected chi connectivity index (χ1v) is 3.39. The predicted molar refractivity (Wildman–Crippen MR) is 41.9 cm³/mol. The van der Waals surface area contributed by atoms with Gasteiger partial charge in [0.1, 0.15) is 0 Å². The van der Waals surface area contributed by atoms with Gasteiger partial charge in [0.25, 0.3) is 0 Å². The number of nitrogens with zero attached hydrogens (tertiary/aromatic N) is 2. The van der Waals surface area contributed by atoms with Gasteiger partial charge in [0.15, 0.2) is 5.78 Å². The Morgan fingerprint density at radius 3 is 2.42 bits per heavy atom. The Hall–Kier alpha value is -1.65. The third-order valence-corrected chi connectivity index (χ3v) is 1.60. The number of hydrogen-bond acceptors (Lipinski definition) is 3. The van der Waals surface area contributed by atoms with Crippen molar-refractivity contribution in [2.75, 3.05) is 0 Å². The standard InChI is InChI=1S/C7H9N3O2/c1-4-6(5(2)11)3-9-10(4)7(8)12/h3H,1-2H3,(H2,8,12). The van der Waals surface area contributed by atoms with Gasteiger partial charge in [-0.05, 0) is 13.8 Å².